The standard InChI is InChI=1S/C15H10ClN5O2/c16-14-12-6-1-2-7-13(12)15(20-18-14)19-17-9-10-4-3-5-11(8-10)21(22)23/h1-9H,(H,19,20)/b17-9+. The number of halogens is 1. The lowest BCUT2D eigenvalue weighted by atomic mass is 10.2. The number of hydrazone groups is 1. The third-order valence-electron chi connectivity index (χ3n) is 3.11. The van der Waals surface area contributed by atoms with Crippen molar-refractivity contribution in [1.82, 2.24) is 10.2 Å². The summed E-state index contributed by atoms with van der Waals surface area (Å²) in [4.78, 5) is 10.3. The predicted molar refractivity (Wildman–Crippen MR) is 88.9 cm³/mol. The Balaban J connectivity index is 1.85. The van der Waals surface area contributed by atoms with Gasteiger partial charge in [-0.3, -0.25) is 15.5 Å². The molecule has 3 rings (SSSR count). The summed E-state index contributed by atoms with van der Waals surface area (Å²) in [6.07, 6.45) is 1.47. The molecule has 0 spiro atoms. The molecule has 0 aliphatic carbocycles. The van der Waals surface area contributed by atoms with E-state index in [1.807, 2.05) is 24.3 Å². The van der Waals surface area contributed by atoms with E-state index in [-0.39, 0.29) is 5.69 Å². The van der Waals surface area contributed by atoms with E-state index in [2.05, 4.69) is 20.7 Å². The van der Waals surface area contributed by atoms with Crippen molar-refractivity contribution < 1.29 is 4.92 Å². The minimum absolute atomic E-state index is 0.00526. The van der Waals surface area contributed by atoms with E-state index >= 15 is 0 Å². The molecule has 0 radical (unpaired) electrons. The number of nitrogens with zero attached hydrogens (tertiary/aromatic N) is 4. The van der Waals surface area contributed by atoms with E-state index in [4.69, 9.17) is 11.6 Å². The summed E-state index contributed by atoms with van der Waals surface area (Å²) in [6, 6.07) is 13.5. The molecule has 7 nitrogen and oxygen atoms in total. The summed E-state index contributed by atoms with van der Waals surface area (Å²) in [7, 11) is 0. The largest absolute Gasteiger partial charge is 0.270 e. The number of aromatic nitrogens is 2. The van der Waals surface area contributed by atoms with Gasteiger partial charge in [-0.05, 0) is 0 Å². The van der Waals surface area contributed by atoms with Crippen LogP contribution in [0, 0.1) is 10.1 Å². The van der Waals surface area contributed by atoms with E-state index in [1.165, 1.54) is 18.3 Å². The first-order valence-electron chi connectivity index (χ1n) is 6.59. The summed E-state index contributed by atoms with van der Waals surface area (Å²) in [5.41, 5.74) is 3.38. The van der Waals surface area contributed by atoms with Crippen LogP contribution in [-0.4, -0.2) is 21.3 Å². The maximum absolute atomic E-state index is 10.7. The first kappa shape index (κ1) is 14.9. The molecule has 0 unspecified atom stereocenters. The van der Waals surface area contributed by atoms with Crippen LogP contribution in [0.1, 0.15) is 5.56 Å². The second kappa shape index (κ2) is 6.37. The van der Waals surface area contributed by atoms with Crippen molar-refractivity contribution in [2.45, 2.75) is 0 Å². The van der Waals surface area contributed by atoms with Crippen molar-refractivity contribution in [3.8, 4) is 0 Å². The van der Waals surface area contributed by atoms with Gasteiger partial charge in [-0.2, -0.15) is 5.10 Å². The fourth-order valence-corrected chi connectivity index (χ4v) is 2.24. The lowest BCUT2D eigenvalue weighted by Gasteiger charge is -2.04. The Morgan fingerprint density at radius 2 is 1.91 bits per heavy atom. The van der Waals surface area contributed by atoms with Gasteiger partial charge in [0.05, 0.1) is 11.1 Å². The molecule has 1 aromatic heterocycles. The van der Waals surface area contributed by atoms with E-state index in [9.17, 15) is 10.1 Å². The van der Waals surface area contributed by atoms with Crippen LogP contribution in [0.25, 0.3) is 10.8 Å². The smallest absolute Gasteiger partial charge is 0.259 e. The molecule has 0 atom stereocenters. The van der Waals surface area contributed by atoms with Gasteiger partial charge in [-0.25, -0.2) is 0 Å². The highest BCUT2D eigenvalue weighted by Crippen LogP contribution is 2.25. The molecule has 0 bridgehead atoms. The number of nitro groups is 1. The second-order valence-electron chi connectivity index (χ2n) is 4.61. The molecule has 8 heteroatoms. The Kier molecular flexibility index (Phi) is 4.11. The van der Waals surface area contributed by atoms with E-state index in [1.54, 1.807) is 12.1 Å². The molecule has 3 aromatic rings. The monoisotopic (exact) mass is 327 g/mol. The van der Waals surface area contributed by atoms with Crippen LogP contribution in [0.15, 0.2) is 53.6 Å². The normalized spacial score (nSPS) is 11.0. The predicted octanol–water partition coefficient (Wildman–Crippen LogP) is 3.64. The zero-order chi connectivity index (χ0) is 16.2. The van der Waals surface area contributed by atoms with Gasteiger partial charge in [0.25, 0.3) is 5.69 Å². The molecule has 0 aliphatic rings. The summed E-state index contributed by atoms with van der Waals surface area (Å²) >= 11 is 6.00. The van der Waals surface area contributed by atoms with Crippen LogP contribution in [0.4, 0.5) is 11.5 Å². The third-order valence-corrected chi connectivity index (χ3v) is 3.39. The van der Waals surface area contributed by atoms with Crippen molar-refractivity contribution >= 4 is 40.1 Å². The van der Waals surface area contributed by atoms with Crippen molar-refractivity contribution in [2.75, 3.05) is 5.43 Å². The maximum Gasteiger partial charge on any atom is 0.270 e. The minimum atomic E-state index is -0.455. The maximum atomic E-state index is 10.7. The van der Waals surface area contributed by atoms with Crippen LogP contribution in [0.2, 0.25) is 5.15 Å². The number of anilines is 1. The molecule has 2 aromatic carbocycles. The van der Waals surface area contributed by atoms with Gasteiger partial charge >= 0.3 is 0 Å². The number of hydrogen-bond acceptors (Lipinski definition) is 6. The van der Waals surface area contributed by atoms with Gasteiger partial charge < -0.3 is 0 Å². The van der Waals surface area contributed by atoms with Gasteiger partial charge in [-0.15, -0.1) is 10.2 Å². The van der Waals surface area contributed by atoms with Crippen molar-refractivity contribution in [2.24, 2.45) is 5.10 Å². The van der Waals surface area contributed by atoms with Gasteiger partial charge in [0.2, 0.25) is 0 Å². The highest BCUT2D eigenvalue weighted by atomic mass is 35.5. The molecule has 0 aliphatic heterocycles. The number of nitro benzene ring substituents is 1. The lowest BCUT2D eigenvalue weighted by Crippen LogP contribution is -1.97. The number of non-ortho nitro benzene ring substituents is 1. The minimum Gasteiger partial charge on any atom is -0.259 e. The molecule has 1 N–H and O–H groups in total. The van der Waals surface area contributed by atoms with Crippen LogP contribution < -0.4 is 5.43 Å². The van der Waals surface area contributed by atoms with Crippen LogP contribution >= 0.6 is 11.6 Å². The molecule has 0 saturated carbocycles. The summed E-state index contributed by atoms with van der Waals surface area (Å²) in [5.74, 6) is 0.451. The molecular weight excluding hydrogens is 318 g/mol. The van der Waals surface area contributed by atoms with Crippen molar-refractivity contribution in [1.29, 1.82) is 0 Å². The van der Waals surface area contributed by atoms with Gasteiger partial charge in [0.15, 0.2) is 11.0 Å². The van der Waals surface area contributed by atoms with Gasteiger partial charge in [-0.1, -0.05) is 48.0 Å². The zero-order valence-corrected chi connectivity index (χ0v) is 12.4. The Labute approximate surface area is 135 Å². The Morgan fingerprint density at radius 1 is 1.13 bits per heavy atom. The van der Waals surface area contributed by atoms with Crippen LogP contribution in [-0.2, 0) is 0 Å². The molecule has 0 saturated heterocycles. The molecular formula is C15H10ClN5O2. The van der Waals surface area contributed by atoms with Crippen molar-refractivity contribution in [3.63, 3.8) is 0 Å². The molecule has 0 fully saturated rings. The van der Waals surface area contributed by atoms with E-state index in [0.29, 0.717) is 16.5 Å². The number of rotatable bonds is 4. The van der Waals surface area contributed by atoms with Gasteiger partial charge in [0.1, 0.15) is 0 Å². The summed E-state index contributed by atoms with van der Waals surface area (Å²) in [6.45, 7) is 0. The zero-order valence-electron chi connectivity index (χ0n) is 11.7. The fraction of sp³-hybridized carbons (Fsp3) is 0. The number of nitrogens with one attached hydrogen (secondary N) is 1. The van der Waals surface area contributed by atoms with Crippen LogP contribution in [0.3, 0.4) is 0 Å². The molecule has 0 amide bonds. The number of benzene rings is 2. The Morgan fingerprint density at radius 3 is 2.70 bits per heavy atom. The first-order valence-corrected chi connectivity index (χ1v) is 6.97. The van der Waals surface area contributed by atoms with Gasteiger partial charge in [0, 0.05) is 28.5 Å². The lowest BCUT2D eigenvalue weighted by molar-refractivity contribution is -0.384. The highest BCUT2D eigenvalue weighted by molar-refractivity contribution is 6.34. The average Bonchev–Trinajstić information content (AvgIpc) is 2.57. The SMILES string of the molecule is O=[N+]([O-])c1cccc(/C=N/Nc2nnc(Cl)c3ccccc23)c1. The van der Waals surface area contributed by atoms with E-state index in [0.717, 1.165) is 10.8 Å². The summed E-state index contributed by atoms with van der Waals surface area (Å²) < 4.78 is 0. The number of fused-ring (bicyclic) bond motifs is 1. The molecule has 1 heterocycles. The fourth-order valence-electron chi connectivity index (χ4n) is 2.04. The Hall–Kier alpha value is -3.06. The van der Waals surface area contributed by atoms with Crippen LogP contribution in [0.5, 0.6) is 0 Å². The Bertz CT molecular complexity index is 913. The number of hydrogen-bond donors (Lipinski definition) is 1. The highest BCUT2D eigenvalue weighted by Gasteiger charge is 2.07. The quantitative estimate of drug-likeness (QED) is 0.448. The molecule has 23 heavy (non-hydrogen) atoms. The third kappa shape index (κ3) is 3.24. The van der Waals surface area contributed by atoms with E-state index < -0.39 is 4.92 Å². The summed E-state index contributed by atoms with van der Waals surface area (Å²) in [5, 5.41) is 24.5. The second-order valence-corrected chi connectivity index (χ2v) is 4.97. The topological polar surface area (TPSA) is 93.3 Å². The van der Waals surface area contributed by atoms with Crippen molar-refractivity contribution in [3.05, 3.63) is 69.4 Å². The average molecular weight is 328 g/mol. The first-order chi connectivity index (χ1) is 11.1. The molecule has 114 valence electrons.